The first kappa shape index (κ1) is 20.5. The van der Waals surface area contributed by atoms with Gasteiger partial charge in [0.1, 0.15) is 11.5 Å². The van der Waals surface area contributed by atoms with Gasteiger partial charge in [-0.25, -0.2) is 0 Å². The number of hydrogen-bond donors (Lipinski definition) is 2. The Morgan fingerprint density at radius 2 is 1.81 bits per heavy atom. The fraction of sp³-hybridized carbons (Fsp3) is 0.333. The Labute approximate surface area is 160 Å². The quantitative estimate of drug-likeness (QED) is 0.667. The van der Waals surface area contributed by atoms with Gasteiger partial charge in [0.2, 0.25) is 0 Å². The van der Waals surface area contributed by atoms with E-state index >= 15 is 0 Å². The van der Waals surface area contributed by atoms with Crippen LogP contribution in [0.5, 0.6) is 0 Å². The fourth-order valence-corrected chi connectivity index (χ4v) is 2.54. The Hall–Kier alpha value is -2.86. The lowest BCUT2D eigenvalue weighted by molar-refractivity contribution is -0.117. The van der Waals surface area contributed by atoms with Gasteiger partial charge in [-0.15, -0.1) is 0 Å². The lowest BCUT2D eigenvalue weighted by Crippen LogP contribution is -2.39. The van der Waals surface area contributed by atoms with Crippen LogP contribution in [0.4, 0.5) is 0 Å². The molecule has 2 N–H and O–H groups in total. The highest BCUT2D eigenvalue weighted by atomic mass is 16.3. The van der Waals surface area contributed by atoms with Crippen molar-refractivity contribution in [3.63, 3.8) is 0 Å². The number of carbonyl (C=O) groups is 2. The van der Waals surface area contributed by atoms with Gasteiger partial charge in [0.25, 0.3) is 11.8 Å². The van der Waals surface area contributed by atoms with Crippen LogP contribution in [0, 0.1) is 6.92 Å². The van der Waals surface area contributed by atoms with E-state index in [1.54, 1.807) is 24.3 Å². The minimum atomic E-state index is -0.348. The zero-order valence-corrected chi connectivity index (χ0v) is 16.1. The summed E-state index contributed by atoms with van der Waals surface area (Å²) in [6.45, 7) is 9.20. The third-order valence-corrected chi connectivity index (χ3v) is 4.24. The minimum absolute atomic E-state index is 0.148. The highest BCUT2D eigenvalue weighted by Crippen LogP contribution is 2.08. The van der Waals surface area contributed by atoms with Crippen LogP contribution in [-0.4, -0.2) is 42.9 Å². The summed E-state index contributed by atoms with van der Waals surface area (Å²) in [5.74, 6) is -0.196. The number of rotatable bonds is 9. The first-order chi connectivity index (χ1) is 13.0. The molecule has 0 bridgehead atoms. The number of furan rings is 1. The molecule has 0 aliphatic heterocycles. The molecule has 0 aliphatic carbocycles. The fourth-order valence-electron chi connectivity index (χ4n) is 2.54. The molecule has 6 nitrogen and oxygen atoms in total. The average molecular weight is 369 g/mol. The zero-order chi connectivity index (χ0) is 19.6. The molecule has 1 heterocycles. The van der Waals surface area contributed by atoms with Gasteiger partial charge < -0.3 is 20.0 Å². The molecular weight excluding hydrogens is 342 g/mol. The second-order valence-corrected chi connectivity index (χ2v) is 6.18. The molecule has 0 aliphatic rings. The monoisotopic (exact) mass is 369 g/mol. The molecule has 1 aromatic heterocycles. The second kappa shape index (κ2) is 10.3. The van der Waals surface area contributed by atoms with Crippen molar-refractivity contribution >= 4 is 17.9 Å². The normalized spacial score (nSPS) is 11.5. The lowest BCUT2D eigenvalue weighted by Gasteiger charge is -2.18. The summed E-state index contributed by atoms with van der Waals surface area (Å²) in [6.07, 6.45) is 3.04. The molecule has 0 saturated carbocycles. The summed E-state index contributed by atoms with van der Waals surface area (Å²) in [5, 5.41) is 5.55. The van der Waals surface area contributed by atoms with Gasteiger partial charge in [0, 0.05) is 24.7 Å². The van der Waals surface area contributed by atoms with Crippen LogP contribution in [0.3, 0.4) is 0 Å². The average Bonchev–Trinajstić information content (AvgIpc) is 3.18. The van der Waals surface area contributed by atoms with Crippen molar-refractivity contribution < 1.29 is 14.0 Å². The van der Waals surface area contributed by atoms with E-state index in [4.69, 9.17) is 4.42 Å². The number of nitrogens with one attached hydrogen (secondary N) is 2. The van der Waals surface area contributed by atoms with Gasteiger partial charge in [0.15, 0.2) is 0 Å². The summed E-state index contributed by atoms with van der Waals surface area (Å²) >= 11 is 0. The standard InChI is InChI=1S/C21H27N3O3/c1-4-24(5-2)13-12-22-21(26)19(15-18-7-6-14-27-18)23-20(25)17-10-8-16(3)9-11-17/h6-11,14-15H,4-5,12-13H2,1-3H3,(H,22,26)(H,23,25)/b19-15-. The second-order valence-electron chi connectivity index (χ2n) is 6.18. The Morgan fingerprint density at radius 3 is 2.41 bits per heavy atom. The van der Waals surface area contributed by atoms with Crippen LogP contribution in [0.1, 0.15) is 35.5 Å². The smallest absolute Gasteiger partial charge is 0.267 e. The van der Waals surface area contributed by atoms with Gasteiger partial charge in [-0.1, -0.05) is 31.5 Å². The molecule has 0 spiro atoms. The molecule has 2 aromatic rings. The summed E-state index contributed by atoms with van der Waals surface area (Å²) in [7, 11) is 0. The molecule has 0 radical (unpaired) electrons. The van der Waals surface area contributed by atoms with E-state index in [2.05, 4.69) is 29.4 Å². The first-order valence-electron chi connectivity index (χ1n) is 9.17. The Morgan fingerprint density at radius 1 is 1.11 bits per heavy atom. The van der Waals surface area contributed by atoms with E-state index in [0.717, 1.165) is 25.2 Å². The molecule has 144 valence electrons. The van der Waals surface area contributed by atoms with Gasteiger partial charge >= 0.3 is 0 Å². The van der Waals surface area contributed by atoms with Crippen molar-refractivity contribution in [1.29, 1.82) is 0 Å². The van der Waals surface area contributed by atoms with E-state index < -0.39 is 0 Å². The van der Waals surface area contributed by atoms with E-state index in [9.17, 15) is 9.59 Å². The van der Waals surface area contributed by atoms with Crippen LogP contribution < -0.4 is 10.6 Å². The third kappa shape index (κ3) is 6.42. The predicted octanol–water partition coefficient (Wildman–Crippen LogP) is 2.82. The topological polar surface area (TPSA) is 74.6 Å². The molecule has 0 saturated heterocycles. The predicted molar refractivity (Wildman–Crippen MR) is 106 cm³/mol. The SMILES string of the molecule is CCN(CC)CCNC(=O)/C(=C/c1ccco1)NC(=O)c1ccc(C)cc1. The van der Waals surface area contributed by atoms with Gasteiger partial charge in [0.05, 0.1) is 6.26 Å². The van der Waals surface area contributed by atoms with E-state index in [-0.39, 0.29) is 17.5 Å². The number of likely N-dealkylation sites (N-methyl/N-ethyl adjacent to an activating group) is 1. The maximum absolute atomic E-state index is 12.6. The van der Waals surface area contributed by atoms with Gasteiger partial charge in [-0.05, 0) is 44.3 Å². The number of nitrogens with zero attached hydrogens (tertiary/aromatic N) is 1. The Bertz CT molecular complexity index is 760. The van der Waals surface area contributed by atoms with Crippen molar-refractivity contribution in [2.24, 2.45) is 0 Å². The number of carbonyl (C=O) groups excluding carboxylic acids is 2. The first-order valence-corrected chi connectivity index (χ1v) is 9.17. The third-order valence-electron chi connectivity index (χ3n) is 4.24. The highest BCUT2D eigenvalue weighted by molar-refractivity contribution is 6.05. The maximum atomic E-state index is 12.6. The molecule has 27 heavy (non-hydrogen) atoms. The summed E-state index contributed by atoms with van der Waals surface area (Å²) in [4.78, 5) is 27.3. The molecule has 2 amide bonds. The summed E-state index contributed by atoms with van der Waals surface area (Å²) in [6, 6.07) is 10.6. The van der Waals surface area contributed by atoms with Crippen molar-refractivity contribution in [1.82, 2.24) is 15.5 Å². The summed E-state index contributed by atoms with van der Waals surface area (Å²) < 4.78 is 5.28. The lowest BCUT2D eigenvalue weighted by atomic mass is 10.1. The summed E-state index contributed by atoms with van der Waals surface area (Å²) in [5.41, 5.74) is 1.70. The van der Waals surface area contributed by atoms with Crippen molar-refractivity contribution in [3.8, 4) is 0 Å². The van der Waals surface area contributed by atoms with Crippen molar-refractivity contribution in [3.05, 3.63) is 65.2 Å². The Kier molecular flexibility index (Phi) is 7.82. The highest BCUT2D eigenvalue weighted by Gasteiger charge is 2.15. The minimum Gasteiger partial charge on any atom is -0.465 e. The van der Waals surface area contributed by atoms with Crippen LogP contribution in [0.2, 0.25) is 0 Å². The van der Waals surface area contributed by atoms with Crippen LogP contribution in [0.15, 0.2) is 52.8 Å². The van der Waals surface area contributed by atoms with Gasteiger partial charge in [-0.3, -0.25) is 9.59 Å². The molecular formula is C21H27N3O3. The zero-order valence-electron chi connectivity index (χ0n) is 16.1. The molecule has 0 fully saturated rings. The molecule has 2 rings (SSSR count). The number of amides is 2. The van der Waals surface area contributed by atoms with Crippen molar-refractivity contribution in [2.75, 3.05) is 26.2 Å². The van der Waals surface area contributed by atoms with E-state index in [1.165, 1.54) is 12.3 Å². The van der Waals surface area contributed by atoms with Crippen LogP contribution >= 0.6 is 0 Å². The van der Waals surface area contributed by atoms with Gasteiger partial charge in [-0.2, -0.15) is 0 Å². The molecule has 0 unspecified atom stereocenters. The molecule has 1 aromatic carbocycles. The van der Waals surface area contributed by atoms with E-state index in [1.807, 2.05) is 19.1 Å². The maximum Gasteiger partial charge on any atom is 0.267 e. The largest absolute Gasteiger partial charge is 0.465 e. The van der Waals surface area contributed by atoms with Crippen LogP contribution in [0.25, 0.3) is 6.08 Å². The van der Waals surface area contributed by atoms with Crippen molar-refractivity contribution in [2.45, 2.75) is 20.8 Å². The van der Waals surface area contributed by atoms with E-state index in [0.29, 0.717) is 17.9 Å². The number of benzene rings is 1. The number of hydrogen-bond acceptors (Lipinski definition) is 4. The molecule has 6 heteroatoms. The Balaban J connectivity index is 2.08. The molecule has 0 atom stereocenters. The van der Waals surface area contributed by atoms with Crippen LogP contribution in [-0.2, 0) is 4.79 Å². The number of aryl methyl sites for hydroxylation is 1.